The number of halogens is 4. The van der Waals surface area contributed by atoms with Crippen LogP contribution in [0.1, 0.15) is 22.7 Å². The van der Waals surface area contributed by atoms with E-state index in [1.54, 1.807) is 30.3 Å². The van der Waals surface area contributed by atoms with Crippen LogP contribution in [0.4, 0.5) is 22.4 Å². The van der Waals surface area contributed by atoms with Crippen LogP contribution in [0.15, 0.2) is 30.3 Å². The number of nitrogens with zero attached hydrogens (tertiary/aromatic N) is 1. The summed E-state index contributed by atoms with van der Waals surface area (Å²) in [5, 5.41) is 2.85. The number of nitrogens with two attached hydrogens (primary N) is 1. The molecule has 178 valence electrons. The van der Waals surface area contributed by atoms with Crippen molar-refractivity contribution in [2.24, 2.45) is 5.73 Å². The molecule has 33 heavy (non-hydrogen) atoms. The minimum atomic E-state index is -1.69. The first-order valence-electron chi connectivity index (χ1n) is 10.1. The third-order valence-corrected chi connectivity index (χ3v) is 5.33. The lowest BCUT2D eigenvalue weighted by Crippen LogP contribution is -2.49. The highest BCUT2D eigenvalue weighted by Gasteiger charge is 2.37. The SMILES string of the molecule is COC(=O)[C@H](N)Cc1c(F)c(F)c(C2CNCCN2C(=O)OCc2ccccc2)c(F)c1F. The maximum Gasteiger partial charge on any atom is 0.410 e. The largest absolute Gasteiger partial charge is 0.468 e. The molecule has 0 spiro atoms. The molecule has 2 aromatic rings. The Bertz CT molecular complexity index is 993. The van der Waals surface area contributed by atoms with Crippen molar-refractivity contribution in [2.75, 3.05) is 26.7 Å². The summed E-state index contributed by atoms with van der Waals surface area (Å²) in [6.07, 6.45) is -1.70. The van der Waals surface area contributed by atoms with E-state index in [0.29, 0.717) is 5.56 Å². The normalized spacial score (nSPS) is 16.9. The minimum absolute atomic E-state index is 0.00459. The van der Waals surface area contributed by atoms with Gasteiger partial charge in [-0.3, -0.25) is 9.69 Å². The lowest BCUT2D eigenvalue weighted by molar-refractivity contribution is -0.142. The van der Waals surface area contributed by atoms with Crippen molar-refractivity contribution in [1.82, 2.24) is 10.2 Å². The number of piperazine rings is 1. The van der Waals surface area contributed by atoms with Crippen molar-refractivity contribution >= 4 is 12.1 Å². The Labute approximate surface area is 187 Å². The molecule has 3 N–H and O–H groups in total. The second-order valence-electron chi connectivity index (χ2n) is 7.44. The van der Waals surface area contributed by atoms with Gasteiger partial charge >= 0.3 is 12.1 Å². The summed E-state index contributed by atoms with van der Waals surface area (Å²) in [4.78, 5) is 25.1. The molecule has 3 rings (SSSR count). The van der Waals surface area contributed by atoms with E-state index in [9.17, 15) is 27.2 Å². The predicted molar refractivity (Wildman–Crippen MR) is 109 cm³/mol. The lowest BCUT2D eigenvalue weighted by Gasteiger charge is -2.36. The molecule has 1 heterocycles. The van der Waals surface area contributed by atoms with Gasteiger partial charge < -0.3 is 20.5 Å². The van der Waals surface area contributed by atoms with Crippen LogP contribution in [0.5, 0.6) is 0 Å². The first kappa shape index (κ1) is 24.5. The number of carbonyl (C=O) groups excluding carboxylic acids is 2. The van der Waals surface area contributed by atoms with E-state index in [2.05, 4.69) is 10.1 Å². The molecule has 0 radical (unpaired) electrons. The zero-order valence-corrected chi connectivity index (χ0v) is 17.7. The molecule has 1 amide bonds. The van der Waals surface area contributed by atoms with Crippen LogP contribution in [-0.4, -0.2) is 49.7 Å². The Morgan fingerprint density at radius 3 is 2.36 bits per heavy atom. The van der Waals surface area contributed by atoms with Crippen LogP contribution >= 0.6 is 0 Å². The highest BCUT2D eigenvalue weighted by atomic mass is 19.2. The Balaban J connectivity index is 1.89. The second-order valence-corrected chi connectivity index (χ2v) is 7.44. The van der Waals surface area contributed by atoms with Crippen molar-refractivity contribution in [3.05, 3.63) is 70.3 Å². The van der Waals surface area contributed by atoms with E-state index in [0.717, 1.165) is 12.0 Å². The highest BCUT2D eigenvalue weighted by Crippen LogP contribution is 2.33. The number of methoxy groups -OCH3 is 1. The van der Waals surface area contributed by atoms with Crippen LogP contribution in [0.3, 0.4) is 0 Å². The highest BCUT2D eigenvalue weighted by molar-refractivity contribution is 5.75. The van der Waals surface area contributed by atoms with Crippen molar-refractivity contribution in [1.29, 1.82) is 0 Å². The fraction of sp³-hybridized carbons (Fsp3) is 0.364. The number of hydrogen-bond donors (Lipinski definition) is 2. The molecule has 11 heteroatoms. The van der Waals surface area contributed by atoms with Crippen LogP contribution in [0, 0.1) is 23.3 Å². The van der Waals surface area contributed by atoms with Crippen LogP contribution < -0.4 is 11.1 Å². The number of rotatable bonds is 6. The van der Waals surface area contributed by atoms with E-state index >= 15 is 0 Å². The van der Waals surface area contributed by atoms with Crippen molar-refractivity contribution in [2.45, 2.75) is 25.1 Å². The monoisotopic (exact) mass is 469 g/mol. The van der Waals surface area contributed by atoms with Gasteiger partial charge in [-0.2, -0.15) is 0 Å². The van der Waals surface area contributed by atoms with Gasteiger partial charge in [0.25, 0.3) is 0 Å². The Kier molecular flexibility index (Phi) is 7.88. The molecular weight excluding hydrogens is 446 g/mol. The smallest absolute Gasteiger partial charge is 0.410 e. The molecule has 1 aliphatic heterocycles. The number of amides is 1. The summed E-state index contributed by atoms with van der Waals surface area (Å²) in [5.74, 6) is -7.72. The summed E-state index contributed by atoms with van der Waals surface area (Å²) < 4.78 is 69.0. The summed E-state index contributed by atoms with van der Waals surface area (Å²) in [6, 6.07) is 5.85. The first-order chi connectivity index (χ1) is 15.8. The van der Waals surface area contributed by atoms with Gasteiger partial charge in [0.05, 0.1) is 18.7 Å². The number of ether oxygens (including phenoxy) is 2. The van der Waals surface area contributed by atoms with E-state index < -0.39 is 65.0 Å². The molecule has 1 saturated heterocycles. The topological polar surface area (TPSA) is 93.9 Å². The Hall–Kier alpha value is -3.18. The Morgan fingerprint density at radius 1 is 1.12 bits per heavy atom. The maximum absolute atomic E-state index is 15.0. The van der Waals surface area contributed by atoms with Crippen LogP contribution in [0.2, 0.25) is 0 Å². The lowest BCUT2D eigenvalue weighted by atomic mass is 9.96. The standard InChI is InChI=1S/C22H23F4N3O4/c1-32-21(30)14(27)9-13-17(23)19(25)16(20(26)18(13)24)15-10-28-7-8-29(15)22(31)33-11-12-5-3-2-4-6-12/h2-6,14-15,28H,7-11,27H2,1H3/t14-,15?/m1/s1. The number of benzene rings is 2. The zero-order chi connectivity index (χ0) is 24.1. The molecule has 1 fully saturated rings. The molecule has 2 atom stereocenters. The maximum atomic E-state index is 15.0. The zero-order valence-electron chi connectivity index (χ0n) is 17.7. The van der Waals surface area contributed by atoms with E-state index in [1.807, 2.05) is 0 Å². The Morgan fingerprint density at radius 2 is 1.76 bits per heavy atom. The van der Waals surface area contributed by atoms with Gasteiger partial charge in [-0.1, -0.05) is 30.3 Å². The van der Waals surface area contributed by atoms with Gasteiger partial charge in [0.2, 0.25) is 0 Å². The van der Waals surface area contributed by atoms with Crippen molar-refractivity contribution in [3.63, 3.8) is 0 Å². The van der Waals surface area contributed by atoms with E-state index in [1.165, 1.54) is 0 Å². The molecule has 0 saturated carbocycles. The molecule has 7 nitrogen and oxygen atoms in total. The predicted octanol–water partition coefficient (Wildman–Crippen LogP) is 2.57. The number of hydrogen-bond acceptors (Lipinski definition) is 6. The van der Waals surface area contributed by atoms with Crippen LogP contribution in [-0.2, 0) is 27.3 Å². The molecule has 0 bridgehead atoms. The minimum Gasteiger partial charge on any atom is -0.468 e. The molecule has 0 aromatic heterocycles. The molecule has 1 aliphatic rings. The molecule has 2 aromatic carbocycles. The van der Waals surface area contributed by atoms with Gasteiger partial charge in [-0.15, -0.1) is 0 Å². The summed E-state index contributed by atoms with van der Waals surface area (Å²) in [7, 11) is 1.01. The van der Waals surface area contributed by atoms with Crippen molar-refractivity contribution < 1.29 is 36.6 Å². The number of carbonyl (C=O) groups is 2. The molecule has 1 unspecified atom stereocenters. The fourth-order valence-electron chi connectivity index (χ4n) is 3.60. The average Bonchev–Trinajstić information content (AvgIpc) is 2.84. The average molecular weight is 469 g/mol. The van der Waals surface area contributed by atoms with Gasteiger partial charge in [0.1, 0.15) is 12.6 Å². The third kappa shape index (κ3) is 5.25. The van der Waals surface area contributed by atoms with Gasteiger partial charge in [-0.05, 0) is 5.56 Å². The second kappa shape index (κ2) is 10.6. The fourth-order valence-corrected chi connectivity index (χ4v) is 3.60. The van der Waals surface area contributed by atoms with Gasteiger partial charge in [0, 0.05) is 31.6 Å². The third-order valence-electron chi connectivity index (χ3n) is 5.33. The van der Waals surface area contributed by atoms with Crippen molar-refractivity contribution in [3.8, 4) is 0 Å². The number of esters is 1. The quantitative estimate of drug-likeness (QED) is 0.384. The van der Waals surface area contributed by atoms with Gasteiger partial charge in [-0.25, -0.2) is 22.4 Å². The first-order valence-corrected chi connectivity index (χ1v) is 10.1. The van der Waals surface area contributed by atoms with E-state index in [4.69, 9.17) is 10.5 Å². The van der Waals surface area contributed by atoms with E-state index in [-0.39, 0.29) is 26.2 Å². The molecule has 0 aliphatic carbocycles. The summed E-state index contributed by atoms with van der Waals surface area (Å²) >= 11 is 0. The van der Waals surface area contributed by atoms with Crippen LogP contribution in [0.25, 0.3) is 0 Å². The molecular formula is C22H23F4N3O4. The van der Waals surface area contributed by atoms with Gasteiger partial charge in [0.15, 0.2) is 23.3 Å². The summed E-state index contributed by atoms with van der Waals surface area (Å²) in [5.41, 5.74) is 4.21. The number of nitrogens with one attached hydrogen (secondary N) is 1. The summed E-state index contributed by atoms with van der Waals surface area (Å²) in [6.45, 7) is 0.0368.